The van der Waals surface area contributed by atoms with Gasteiger partial charge in [-0.05, 0) is 58.4 Å². The summed E-state index contributed by atoms with van der Waals surface area (Å²) in [7, 11) is -2.07. The second-order valence-electron chi connectivity index (χ2n) is 14.4. The zero-order valence-corrected chi connectivity index (χ0v) is 30.2. The van der Waals surface area contributed by atoms with Gasteiger partial charge in [-0.25, -0.2) is 4.98 Å². The molecule has 0 saturated carbocycles. The summed E-state index contributed by atoms with van der Waals surface area (Å²) >= 11 is 0. The van der Waals surface area contributed by atoms with Crippen molar-refractivity contribution in [2.45, 2.75) is 52.6 Å². The molecular formula is C45H42N2OSi. The first-order valence-electron chi connectivity index (χ1n) is 17.4. The van der Waals surface area contributed by atoms with Crippen molar-refractivity contribution in [3.63, 3.8) is 0 Å². The first-order valence-corrected chi connectivity index (χ1v) is 20.4. The van der Waals surface area contributed by atoms with Gasteiger partial charge in [0.1, 0.15) is 25.1 Å². The molecule has 49 heavy (non-hydrogen) atoms. The number of rotatable bonds is 7. The number of fused-ring (bicyclic) bond motifs is 4. The van der Waals surface area contributed by atoms with Crippen LogP contribution in [0.4, 0.5) is 0 Å². The molecule has 0 amide bonds. The summed E-state index contributed by atoms with van der Waals surface area (Å²) in [4.78, 5) is 5.34. The van der Waals surface area contributed by atoms with Crippen molar-refractivity contribution in [2.75, 3.05) is 0 Å². The standard InChI is InChI=1S/C45H42N2OSi/c1-29(2)38-27-34(49(5,6)33-25-23-32(24-26-33)31-15-8-7-9-16-31)28-39(30(3)4)43(38)47-41-21-12-11-20-40(41)46-45(47)37-19-14-18-36-35-17-10-13-22-42(35)48-44(36)37/h7-30H,1-6H3. The van der Waals surface area contributed by atoms with E-state index >= 15 is 0 Å². The van der Waals surface area contributed by atoms with E-state index in [2.05, 4.69) is 173 Å². The van der Waals surface area contributed by atoms with Gasteiger partial charge in [-0.15, -0.1) is 0 Å². The van der Waals surface area contributed by atoms with Crippen LogP contribution in [-0.2, 0) is 0 Å². The molecule has 0 atom stereocenters. The van der Waals surface area contributed by atoms with Gasteiger partial charge in [0.15, 0.2) is 0 Å². The number of hydrogen-bond donors (Lipinski definition) is 0. The summed E-state index contributed by atoms with van der Waals surface area (Å²) in [5.41, 5.74) is 11.3. The molecule has 0 fully saturated rings. The third-order valence-corrected chi connectivity index (χ3v) is 13.8. The molecule has 0 N–H and O–H groups in total. The van der Waals surface area contributed by atoms with Crippen LogP contribution >= 0.6 is 0 Å². The summed E-state index contributed by atoms with van der Waals surface area (Å²) in [6, 6.07) is 48.3. The molecule has 0 saturated heterocycles. The van der Waals surface area contributed by atoms with E-state index < -0.39 is 8.07 Å². The van der Waals surface area contributed by atoms with Gasteiger partial charge in [0.25, 0.3) is 0 Å². The van der Waals surface area contributed by atoms with Crippen LogP contribution in [0.1, 0.15) is 50.7 Å². The van der Waals surface area contributed by atoms with Gasteiger partial charge in [0, 0.05) is 10.8 Å². The fourth-order valence-corrected chi connectivity index (χ4v) is 9.78. The smallest absolute Gasteiger partial charge is 0.149 e. The Morgan fingerprint density at radius 2 is 1.20 bits per heavy atom. The zero-order valence-electron chi connectivity index (χ0n) is 29.2. The quantitative estimate of drug-likeness (QED) is 0.160. The molecular weight excluding hydrogens is 613 g/mol. The Hall–Kier alpha value is -5.19. The topological polar surface area (TPSA) is 31.0 Å². The number of benzene rings is 6. The second kappa shape index (κ2) is 12.0. The maximum absolute atomic E-state index is 6.58. The highest BCUT2D eigenvalue weighted by Crippen LogP contribution is 2.41. The predicted molar refractivity (Wildman–Crippen MR) is 211 cm³/mol. The van der Waals surface area contributed by atoms with E-state index in [9.17, 15) is 0 Å². The number of aromatic nitrogens is 2. The number of nitrogens with zero attached hydrogens (tertiary/aromatic N) is 2. The predicted octanol–water partition coefficient (Wildman–Crippen LogP) is 11.3. The average Bonchev–Trinajstić information content (AvgIpc) is 3.70. The van der Waals surface area contributed by atoms with E-state index in [4.69, 9.17) is 9.40 Å². The van der Waals surface area contributed by atoms with Crippen LogP contribution in [-0.4, -0.2) is 17.6 Å². The monoisotopic (exact) mass is 654 g/mol. The maximum atomic E-state index is 6.58. The Balaban J connectivity index is 1.35. The molecule has 0 aliphatic carbocycles. The van der Waals surface area contributed by atoms with Gasteiger partial charge in [-0.1, -0.05) is 160 Å². The van der Waals surface area contributed by atoms with E-state index in [1.54, 1.807) is 0 Å². The van der Waals surface area contributed by atoms with Crippen molar-refractivity contribution in [1.29, 1.82) is 0 Å². The lowest BCUT2D eigenvalue weighted by molar-refractivity contribution is 0.669. The van der Waals surface area contributed by atoms with Crippen molar-refractivity contribution < 1.29 is 4.42 Å². The lowest BCUT2D eigenvalue weighted by Crippen LogP contribution is -2.53. The molecule has 4 heteroatoms. The summed E-state index contributed by atoms with van der Waals surface area (Å²) in [5.74, 6) is 1.51. The molecule has 0 aliphatic heterocycles. The van der Waals surface area contributed by atoms with Crippen LogP contribution in [0.2, 0.25) is 13.1 Å². The Morgan fingerprint density at radius 3 is 1.92 bits per heavy atom. The molecule has 2 aromatic heterocycles. The van der Waals surface area contributed by atoms with E-state index in [1.165, 1.54) is 38.3 Å². The van der Waals surface area contributed by atoms with E-state index in [-0.39, 0.29) is 0 Å². The van der Waals surface area contributed by atoms with Crippen LogP contribution in [0.5, 0.6) is 0 Å². The van der Waals surface area contributed by atoms with E-state index in [0.717, 1.165) is 44.4 Å². The minimum Gasteiger partial charge on any atom is -0.455 e. The van der Waals surface area contributed by atoms with Gasteiger partial charge in [0.05, 0.1) is 22.3 Å². The Bertz CT molecular complexity index is 2440. The van der Waals surface area contributed by atoms with Crippen LogP contribution in [0, 0.1) is 0 Å². The minimum absolute atomic E-state index is 0.300. The summed E-state index contributed by atoms with van der Waals surface area (Å²) in [5, 5.41) is 5.14. The molecule has 0 unspecified atom stereocenters. The molecule has 8 rings (SSSR count). The maximum Gasteiger partial charge on any atom is 0.149 e. The fourth-order valence-electron chi connectivity index (χ4n) is 7.41. The van der Waals surface area contributed by atoms with Gasteiger partial charge in [-0.3, -0.25) is 4.57 Å². The van der Waals surface area contributed by atoms with Crippen molar-refractivity contribution in [2.24, 2.45) is 0 Å². The van der Waals surface area contributed by atoms with Crippen LogP contribution in [0.15, 0.2) is 138 Å². The van der Waals surface area contributed by atoms with Gasteiger partial charge >= 0.3 is 0 Å². The lowest BCUT2D eigenvalue weighted by Gasteiger charge is -2.30. The molecule has 2 heterocycles. The van der Waals surface area contributed by atoms with E-state index in [1.807, 2.05) is 6.07 Å². The highest BCUT2D eigenvalue weighted by atomic mass is 28.3. The van der Waals surface area contributed by atoms with Gasteiger partial charge in [-0.2, -0.15) is 0 Å². The lowest BCUT2D eigenvalue weighted by atomic mass is 9.92. The highest BCUT2D eigenvalue weighted by molar-refractivity contribution is 7.00. The summed E-state index contributed by atoms with van der Waals surface area (Å²) in [6.07, 6.45) is 0. The molecule has 0 spiro atoms. The number of imidazole rings is 1. The zero-order chi connectivity index (χ0) is 33.9. The van der Waals surface area contributed by atoms with Crippen molar-refractivity contribution in [3.8, 4) is 28.2 Å². The largest absolute Gasteiger partial charge is 0.455 e. The second-order valence-corrected chi connectivity index (χ2v) is 18.8. The summed E-state index contributed by atoms with van der Waals surface area (Å²) < 4.78 is 9.01. The molecule has 0 radical (unpaired) electrons. The molecule has 3 nitrogen and oxygen atoms in total. The van der Waals surface area contributed by atoms with Crippen LogP contribution < -0.4 is 10.4 Å². The highest BCUT2D eigenvalue weighted by Gasteiger charge is 2.31. The van der Waals surface area contributed by atoms with Gasteiger partial charge in [0.2, 0.25) is 0 Å². The Morgan fingerprint density at radius 1 is 0.592 bits per heavy atom. The van der Waals surface area contributed by atoms with Crippen molar-refractivity contribution in [1.82, 2.24) is 9.55 Å². The van der Waals surface area contributed by atoms with Gasteiger partial charge < -0.3 is 4.42 Å². The number of furan rings is 1. The third kappa shape index (κ3) is 5.22. The molecule has 6 aromatic carbocycles. The normalized spacial score (nSPS) is 12.2. The Kier molecular flexibility index (Phi) is 7.65. The molecule has 242 valence electrons. The fraction of sp³-hybridized carbons (Fsp3) is 0.178. The first kappa shape index (κ1) is 31.1. The third-order valence-electron chi connectivity index (χ3n) is 10.3. The van der Waals surface area contributed by atoms with Crippen molar-refractivity contribution in [3.05, 3.63) is 145 Å². The van der Waals surface area contributed by atoms with Crippen molar-refractivity contribution >= 4 is 51.4 Å². The average molecular weight is 655 g/mol. The van der Waals surface area contributed by atoms with E-state index in [0.29, 0.717) is 11.8 Å². The molecule has 0 bridgehead atoms. The first-order chi connectivity index (χ1) is 23.7. The molecule has 8 aromatic rings. The number of hydrogen-bond acceptors (Lipinski definition) is 2. The van der Waals surface area contributed by atoms with Crippen LogP contribution in [0.3, 0.4) is 0 Å². The Labute approximate surface area is 289 Å². The number of para-hydroxylation sites is 4. The summed E-state index contributed by atoms with van der Waals surface area (Å²) in [6.45, 7) is 14.3. The molecule has 0 aliphatic rings. The van der Waals surface area contributed by atoms with Crippen LogP contribution in [0.25, 0.3) is 61.2 Å². The SMILES string of the molecule is CC(C)c1cc([Si](C)(C)c2ccc(-c3ccccc3)cc2)cc(C(C)C)c1-n1c(-c2cccc3c2oc2ccccc23)nc2ccccc21. The minimum atomic E-state index is -2.07.